The second-order valence-electron chi connectivity index (χ2n) is 10.8. The molecule has 8 nitrogen and oxygen atoms in total. The third-order valence-corrected chi connectivity index (χ3v) is 7.94. The van der Waals surface area contributed by atoms with Crippen LogP contribution in [0.1, 0.15) is 43.0 Å². The van der Waals surface area contributed by atoms with Gasteiger partial charge in [-0.2, -0.15) is 0 Å². The van der Waals surface area contributed by atoms with Crippen LogP contribution >= 0.6 is 0 Å². The number of methoxy groups -OCH3 is 3. The number of carbonyl (C=O) groups excluding carboxylic acids is 1. The molecule has 0 radical (unpaired) electrons. The molecule has 1 heterocycles. The average Bonchev–Trinajstić information content (AvgIpc) is 3.25. The van der Waals surface area contributed by atoms with E-state index in [1.54, 1.807) is 56.6 Å². The van der Waals surface area contributed by atoms with Crippen LogP contribution in [-0.4, -0.2) is 47.1 Å². The molecule has 0 atom stereocenters. The van der Waals surface area contributed by atoms with Gasteiger partial charge >= 0.3 is 0 Å². The fourth-order valence-corrected chi connectivity index (χ4v) is 5.22. The Labute approximate surface area is 242 Å². The number of nitrogens with two attached hydrogens (primary N) is 1. The van der Waals surface area contributed by atoms with Crippen LogP contribution < -0.4 is 19.3 Å². The third-order valence-electron chi connectivity index (χ3n) is 7.01. The Kier molecular flexibility index (Phi) is 8.60. The normalized spacial score (nSPS) is 14.8. The summed E-state index contributed by atoms with van der Waals surface area (Å²) in [6, 6.07) is 18.2. The highest BCUT2D eigenvalue weighted by Crippen LogP contribution is 2.40. The molecule has 3 aromatic rings. The molecule has 41 heavy (non-hydrogen) atoms. The zero-order chi connectivity index (χ0) is 29.9. The van der Waals surface area contributed by atoms with Gasteiger partial charge in [0.2, 0.25) is 15.8 Å². The first kappa shape index (κ1) is 29.9. The molecule has 2 N–H and O–H groups in total. The number of benzene rings is 3. The zero-order valence-electron chi connectivity index (χ0n) is 24.2. The summed E-state index contributed by atoms with van der Waals surface area (Å²) in [4.78, 5) is 15.6. The van der Waals surface area contributed by atoms with Crippen molar-refractivity contribution in [1.29, 1.82) is 0 Å². The Hall–Kier alpha value is -4.08. The van der Waals surface area contributed by atoms with Crippen molar-refractivity contribution < 1.29 is 27.4 Å². The van der Waals surface area contributed by atoms with Crippen LogP contribution in [0.4, 0.5) is 0 Å². The molecule has 0 saturated carbocycles. The number of sulfonamides is 1. The highest BCUT2D eigenvalue weighted by atomic mass is 32.2. The van der Waals surface area contributed by atoms with Crippen molar-refractivity contribution in [2.75, 3.05) is 27.9 Å². The van der Waals surface area contributed by atoms with Crippen molar-refractivity contribution in [1.82, 2.24) is 4.90 Å². The molecule has 0 aromatic heterocycles. The van der Waals surface area contributed by atoms with E-state index in [0.29, 0.717) is 35.8 Å². The fourth-order valence-electron chi connectivity index (χ4n) is 4.71. The smallest absolute Gasteiger partial charge is 0.258 e. The van der Waals surface area contributed by atoms with E-state index in [1.165, 1.54) is 17.7 Å². The number of hydrogen-bond acceptors (Lipinski definition) is 6. The molecule has 1 amide bonds. The average molecular weight is 577 g/mol. The number of nitrogens with zero attached hydrogens (tertiary/aromatic N) is 1. The summed E-state index contributed by atoms with van der Waals surface area (Å²) in [5.41, 5.74) is 5.02. The highest BCUT2D eigenvalue weighted by molar-refractivity contribution is 7.89. The maximum atomic E-state index is 13.8. The number of ether oxygens (including phenoxy) is 3. The lowest BCUT2D eigenvalue weighted by Gasteiger charge is -2.23. The van der Waals surface area contributed by atoms with Gasteiger partial charge in [-0.05, 0) is 70.5 Å². The minimum Gasteiger partial charge on any atom is -0.493 e. The fraction of sp³-hybridized carbons (Fsp3) is 0.281. The van der Waals surface area contributed by atoms with Gasteiger partial charge in [0.1, 0.15) is 0 Å². The number of carbonyl (C=O) groups is 1. The summed E-state index contributed by atoms with van der Waals surface area (Å²) in [5, 5.41) is 5.23. The molecule has 1 aliphatic rings. The molecule has 0 spiro atoms. The Balaban J connectivity index is 1.71. The van der Waals surface area contributed by atoms with Crippen LogP contribution in [0.5, 0.6) is 17.2 Å². The van der Waals surface area contributed by atoms with E-state index >= 15 is 0 Å². The lowest BCUT2D eigenvalue weighted by molar-refractivity contribution is -0.122. The number of rotatable bonds is 9. The number of primary sulfonamides is 1. The van der Waals surface area contributed by atoms with Gasteiger partial charge in [0.05, 0.1) is 31.9 Å². The van der Waals surface area contributed by atoms with Gasteiger partial charge in [0.25, 0.3) is 5.91 Å². The maximum absolute atomic E-state index is 13.8. The molecular formula is C32H36N2O6S. The topological polar surface area (TPSA) is 108 Å². The summed E-state index contributed by atoms with van der Waals surface area (Å²) in [5.74, 6) is 1.31. The van der Waals surface area contributed by atoms with Crippen LogP contribution in [-0.2, 0) is 26.7 Å². The van der Waals surface area contributed by atoms with Crippen molar-refractivity contribution in [3.05, 3.63) is 94.6 Å². The lowest BCUT2D eigenvalue weighted by Crippen LogP contribution is -2.28. The highest BCUT2D eigenvalue weighted by Gasteiger charge is 2.29. The maximum Gasteiger partial charge on any atom is 0.258 e. The Morgan fingerprint density at radius 1 is 0.878 bits per heavy atom. The first-order valence-electron chi connectivity index (χ1n) is 13.1. The standard InChI is InChI=1S/C32H36N2O6S/c1-32(2,3)25-11-9-23(10-12-25)27-20-24(17-22-18-28(38-4)30(40-6)29(19-22)39-5)31(35)34(27)16-15-21-7-13-26(14-8-21)41(33,36)37/h7-14,17-20H,15-16H2,1-6H3,(H2,33,36,37)/b24-17-. The second-order valence-corrected chi connectivity index (χ2v) is 12.4. The predicted octanol–water partition coefficient (Wildman–Crippen LogP) is 5.17. The third kappa shape index (κ3) is 6.64. The minimum absolute atomic E-state index is 0.00118. The van der Waals surface area contributed by atoms with E-state index in [2.05, 4.69) is 32.9 Å². The first-order chi connectivity index (χ1) is 19.3. The van der Waals surface area contributed by atoms with Crippen molar-refractivity contribution >= 4 is 27.7 Å². The lowest BCUT2D eigenvalue weighted by atomic mass is 9.86. The molecule has 0 unspecified atom stereocenters. The summed E-state index contributed by atoms with van der Waals surface area (Å²) in [7, 11) is 0.859. The summed E-state index contributed by atoms with van der Waals surface area (Å²) >= 11 is 0. The van der Waals surface area contributed by atoms with Gasteiger partial charge < -0.3 is 19.1 Å². The number of amides is 1. The van der Waals surface area contributed by atoms with Crippen LogP contribution in [0.25, 0.3) is 11.8 Å². The molecule has 3 aromatic carbocycles. The Morgan fingerprint density at radius 3 is 1.95 bits per heavy atom. The van der Waals surface area contributed by atoms with E-state index in [0.717, 1.165) is 22.4 Å². The van der Waals surface area contributed by atoms with E-state index in [-0.39, 0.29) is 16.2 Å². The monoisotopic (exact) mass is 576 g/mol. The quantitative estimate of drug-likeness (QED) is 0.352. The largest absolute Gasteiger partial charge is 0.493 e. The van der Waals surface area contributed by atoms with E-state index in [4.69, 9.17) is 19.3 Å². The number of hydrogen-bond donors (Lipinski definition) is 1. The molecule has 216 valence electrons. The van der Waals surface area contributed by atoms with Gasteiger partial charge in [-0.25, -0.2) is 13.6 Å². The van der Waals surface area contributed by atoms with Crippen LogP contribution in [0.2, 0.25) is 0 Å². The first-order valence-corrected chi connectivity index (χ1v) is 14.7. The molecule has 4 rings (SSSR count). The molecule has 9 heteroatoms. The predicted molar refractivity (Wildman–Crippen MR) is 160 cm³/mol. The van der Waals surface area contributed by atoms with Crippen LogP contribution in [0.3, 0.4) is 0 Å². The van der Waals surface area contributed by atoms with Crippen molar-refractivity contribution in [3.8, 4) is 17.2 Å². The minimum atomic E-state index is -3.78. The summed E-state index contributed by atoms with van der Waals surface area (Å²) in [6.07, 6.45) is 4.21. The van der Waals surface area contributed by atoms with Crippen molar-refractivity contribution in [3.63, 3.8) is 0 Å². The molecule has 1 aliphatic heterocycles. The SMILES string of the molecule is COc1cc(/C=C2/C=C(c3ccc(C(C)(C)C)cc3)N(CCc3ccc(S(N)(=O)=O)cc3)C2=O)cc(OC)c1OC. The van der Waals surface area contributed by atoms with Gasteiger partial charge in [-0.3, -0.25) is 4.79 Å². The van der Waals surface area contributed by atoms with E-state index in [9.17, 15) is 13.2 Å². The second kappa shape index (κ2) is 11.8. The molecule has 0 saturated heterocycles. The molecule has 0 aliphatic carbocycles. The molecular weight excluding hydrogens is 540 g/mol. The summed E-state index contributed by atoms with van der Waals surface area (Å²) < 4.78 is 39.7. The van der Waals surface area contributed by atoms with Gasteiger partial charge in [-0.15, -0.1) is 0 Å². The Morgan fingerprint density at radius 2 is 1.46 bits per heavy atom. The van der Waals surface area contributed by atoms with Crippen LogP contribution in [0, 0.1) is 0 Å². The molecule has 0 fully saturated rings. The van der Waals surface area contributed by atoms with Crippen molar-refractivity contribution in [2.24, 2.45) is 5.14 Å². The molecule has 0 bridgehead atoms. The summed E-state index contributed by atoms with van der Waals surface area (Å²) in [6.45, 7) is 6.87. The van der Waals surface area contributed by atoms with Gasteiger partial charge in [0, 0.05) is 12.1 Å². The van der Waals surface area contributed by atoms with Gasteiger partial charge in [-0.1, -0.05) is 57.2 Å². The van der Waals surface area contributed by atoms with Crippen molar-refractivity contribution in [2.45, 2.75) is 37.5 Å². The Bertz CT molecular complexity index is 1570. The van der Waals surface area contributed by atoms with E-state index in [1.807, 2.05) is 18.2 Å². The van der Waals surface area contributed by atoms with Crippen LogP contribution in [0.15, 0.2) is 77.2 Å². The van der Waals surface area contributed by atoms with Gasteiger partial charge in [0.15, 0.2) is 11.5 Å². The van der Waals surface area contributed by atoms with E-state index < -0.39 is 10.0 Å². The zero-order valence-corrected chi connectivity index (χ0v) is 25.0.